The highest BCUT2D eigenvalue weighted by Gasteiger charge is 2.31. The van der Waals surface area contributed by atoms with Gasteiger partial charge in [-0.2, -0.15) is 0 Å². The molecule has 1 aliphatic heterocycles. The van der Waals surface area contributed by atoms with E-state index in [1.54, 1.807) is 7.05 Å². The van der Waals surface area contributed by atoms with Gasteiger partial charge in [0.05, 0.1) is 11.8 Å². The van der Waals surface area contributed by atoms with Crippen LogP contribution in [-0.2, 0) is 0 Å². The lowest BCUT2D eigenvalue weighted by Crippen LogP contribution is -2.41. The first kappa shape index (κ1) is 14.7. The zero-order valence-corrected chi connectivity index (χ0v) is 12.2. The van der Waals surface area contributed by atoms with Gasteiger partial charge in [0.2, 0.25) is 0 Å². The van der Waals surface area contributed by atoms with Gasteiger partial charge in [-0.3, -0.25) is 4.79 Å². The smallest absolute Gasteiger partial charge is 0.258 e. The van der Waals surface area contributed by atoms with Crippen molar-refractivity contribution in [2.24, 2.45) is 0 Å². The molecular weight excluding hydrogens is 259 g/mol. The summed E-state index contributed by atoms with van der Waals surface area (Å²) in [4.78, 5) is 20.5. The zero-order valence-electron chi connectivity index (χ0n) is 12.2. The van der Waals surface area contributed by atoms with Crippen LogP contribution in [0.2, 0.25) is 0 Å². The molecule has 1 N–H and O–H groups in total. The molecule has 0 bridgehead atoms. The number of likely N-dealkylation sites (tertiary alicyclic amines) is 1. The molecule has 1 aliphatic rings. The van der Waals surface area contributed by atoms with Gasteiger partial charge >= 0.3 is 0 Å². The summed E-state index contributed by atoms with van der Waals surface area (Å²) in [5.74, 6) is -0.215. The predicted octanol–water partition coefficient (Wildman–Crippen LogP) is 1.43. The van der Waals surface area contributed by atoms with Gasteiger partial charge in [-0.1, -0.05) is 0 Å². The molecule has 1 atom stereocenters. The number of halogens is 1. The zero-order chi connectivity index (χ0) is 14.7. The number of nitrogens with one attached hydrogen (secondary N) is 1. The van der Waals surface area contributed by atoms with E-state index >= 15 is 0 Å². The molecule has 0 radical (unpaired) electrons. The van der Waals surface area contributed by atoms with Gasteiger partial charge in [0, 0.05) is 26.2 Å². The summed E-state index contributed by atoms with van der Waals surface area (Å²) in [6, 6.07) is 1.44. The first-order chi connectivity index (χ1) is 9.52. The van der Waals surface area contributed by atoms with Gasteiger partial charge in [-0.05, 0) is 33.0 Å². The number of nitrogens with zero attached hydrogens (tertiary/aromatic N) is 3. The Hall–Kier alpha value is -1.69. The molecule has 1 fully saturated rings. The Morgan fingerprint density at radius 1 is 1.60 bits per heavy atom. The van der Waals surface area contributed by atoms with Crippen molar-refractivity contribution in [1.82, 2.24) is 14.8 Å². The van der Waals surface area contributed by atoms with Crippen LogP contribution in [-0.4, -0.2) is 61.0 Å². The van der Waals surface area contributed by atoms with Crippen molar-refractivity contribution in [3.8, 4) is 0 Å². The standard InChI is InChI=1S/C14H21FN4O/c1-16-13-12(7-10(15)8-17-13)14(20)19-6-4-5-11(19)9-18(2)3/h7-8,11H,4-6,9H2,1-3H3,(H,16,17). The van der Waals surface area contributed by atoms with Crippen LogP contribution in [0.3, 0.4) is 0 Å². The summed E-state index contributed by atoms with van der Waals surface area (Å²) in [5, 5.41) is 2.85. The predicted molar refractivity (Wildman–Crippen MR) is 76.4 cm³/mol. The van der Waals surface area contributed by atoms with Crippen LogP contribution >= 0.6 is 0 Å². The molecular formula is C14H21FN4O. The molecule has 2 heterocycles. The van der Waals surface area contributed by atoms with E-state index in [0.29, 0.717) is 11.4 Å². The van der Waals surface area contributed by atoms with Gasteiger partial charge in [-0.25, -0.2) is 9.37 Å². The number of rotatable bonds is 4. The van der Waals surface area contributed by atoms with Crippen LogP contribution in [0.5, 0.6) is 0 Å². The maximum Gasteiger partial charge on any atom is 0.258 e. The Morgan fingerprint density at radius 3 is 3.00 bits per heavy atom. The van der Waals surface area contributed by atoms with Gasteiger partial charge in [-0.15, -0.1) is 0 Å². The van der Waals surface area contributed by atoms with E-state index in [0.717, 1.165) is 32.1 Å². The average molecular weight is 280 g/mol. The number of hydrogen-bond donors (Lipinski definition) is 1. The molecule has 1 aromatic rings. The van der Waals surface area contributed by atoms with Crippen LogP contribution < -0.4 is 5.32 Å². The minimum absolute atomic E-state index is 0.147. The lowest BCUT2D eigenvalue weighted by atomic mass is 10.1. The number of anilines is 1. The van der Waals surface area contributed by atoms with E-state index in [4.69, 9.17) is 0 Å². The molecule has 1 saturated heterocycles. The molecule has 5 nitrogen and oxygen atoms in total. The minimum Gasteiger partial charge on any atom is -0.372 e. The lowest BCUT2D eigenvalue weighted by Gasteiger charge is -2.27. The van der Waals surface area contributed by atoms with Crippen LogP contribution in [0.25, 0.3) is 0 Å². The van der Waals surface area contributed by atoms with Crippen LogP contribution in [0, 0.1) is 5.82 Å². The second kappa shape index (κ2) is 6.17. The molecule has 1 aromatic heterocycles. The topological polar surface area (TPSA) is 48.5 Å². The lowest BCUT2D eigenvalue weighted by molar-refractivity contribution is 0.0716. The fraction of sp³-hybridized carbons (Fsp3) is 0.571. The van der Waals surface area contributed by atoms with Gasteiger partial charge in [0.1, 0.15) is 11.6 Å². The molecule has 1 unspecified atom stereocenters. The van der Waals surface area contributed by atoms with Gasteiger partial charge in [0.25, 0.3) is 5.91 Å². The van der Waals surface area contributed by atoms with Crippen LogP contribution in [0.4, 0.5) is 10.2 Å². The molecule has 0 saturated carbocycles. The van der Waals surface area contributed by atoms with E-state index in [9.17, 15) is 9.18 Å². The van der Waals surface area contributed by atoms with Crippen molar-refractivity contribution in [3.05, 3.63) is 23.6 Å². The van der Waals surface area contributed by atoms with Crippen molar-refractivity contribution in [2.75, 3.05) is 39.5 Å². The van der Waals surface area contributed by atoms with Gasteiger partial charge < -0.3 is 15.1 Å². The van der Waals surface area contributed by atoms with Crippen molar-refractivity contribution in [1.29, 1.82) is 0 Å². The summed E-state index contributed by atoms with van der Waals surface area (Å²) < 4.78 is 13.4. The second-order valence-corrected chi connectivity index (χ2v) is 5.36. The Kier molecular flexibility index (Phi) is 4.54. The highest BCUT2D eigenvalue weighted by atomic mass is 19.1. The minimum atomic E-state index is -0.490. The average Bonchev–Trinajstić information content (AvgIpc) is 2.85. The Morgan fingerprint density at radius 2 is 2.35 bits per heavy atom. The van der Waals surface area contributed by atoms with E-state index < -0.39 is 5.82 Å². The number of aromatic nitrogens is 1. The number of carbonyl (C=O) groups excluding carboxylic acids is 1. The number of amides is 1. The summed E-state index contributed by atoms with van der Waals surface area (Å²) in [5.41, 5.74) is 0.304. The van der Waals surface area contributed by atoms with E-state index in [1.807, 2.05) is 19.0 Å². The third-order valence-corrected chi connectivity index (χ3v) is 3.54. The molecule has 0 aromatic carbocycles. The summed E-state index contributed by atoms with van der Waals surface area (Å²) in [6.07, 6.45) is 3.09. The largest absolute Gasteiger partial charge is 0.372 e. The number of likely N-dealkylation sites (N-methyl/N-ethyl adjacent to an activating group) is 1. The second-order valence-electron chi connectivity index (χ2n) is 5.36. The fourth-order valence-electron chi connectivity index (χ4n) is 2.67. The molecule has 2 rings (SSSR count). The Labute approximate surface area is 118 Å². The molecule has 0 aliphatic carbocycles. The fourth-order valence-corrected chi connectivity index (χ4v) is 2.67. The van der Waals surface area contributed by atoms with Crippen molar-refractivity contribution in [2.45, 2.75) is 18.9 Å². The third kappa shape index (κ3) is 3.07. The maximum absolute atomic E-state index is 13.4. The quantitative estimate of drug-likeness (QED) is 0.906. The Bertz CT molecular complexity index is 492. The first-order valence-corrected chi connectivity index (χ1v) is 6.82. The van der Waals surface area contributed by atoms with Crippen molar-refractivity contribution < 1.29 is 9.18 Å². The molecule has 20 heavy (non-hydrogen) atoms. The van der Waals surface area contributed by atoms with Crippen LogP contribution in [0.15, 0.2) is 12.3 Å². The first-order valence-electron chi connectivity index (χ1n) is 6.82. The molecule has 0 spiro atoms. The molecule has 6 heteroatoms. The third-order valence-electron chi connectivity index (χ3n) is 3.54. The Balaban J connectivity index is 2.24. The van der Waals surface area contributed by atoms with E-state index in [-0.39, 0.29) is 11.9 Å². The number of carbonyl (C=O) groups is 1. The normalized spacial score (nSPS) is 18.6. The number of hydrogen-bond acceptors (Lipinski definition) is 4. The molecule has 110 valence electrons. The maximum atomic E-state index is 13.4. The highest BCUT2D eigenvalue weighted by Crippen LogP contribution is 2.23. The monoisotopic (exact) mass is 280 g/mol. The van der Waals surface area contributed by atoms with Crippen molar-refractivity contribution in [3.63, 3.8) is 0 Å². The van der Waals surface area contributed by atoms with Crippen molar-refractivity contribution >= 4 is 11.7 Å². The summed E-state index contributed by atoms with van der Waals surface area (Å²) in [6.45, 7) is 1.54. The highest BCUT2D eigenvalue weighted by molar-refractivity contribution is 5.99. The van der Waals surface area contributed by atoms with E-state index in [2.05, 4.69) is 15.2 Å². The summed E-state index contributed by atoms with van der Waals surface area (Å²) >= 11 is 0. The van der Waals surface area contributed by atoms with Gasteiger partial charge in [0.15, 0.2) is 0 Å². The molecule has 1 amide bonds. The number of pyridine rings is 1. The summed E-state index contributed by atoms with van der Waals surface area (Å²) in [7, 11) is 5.66. The van der Waals surface area contributed by atoms with Crippen LogP contribution in [0.1, 0.15) is 23.2 Å². The SMILES string of the molecule is CNc1ncc(F)cc1C(=O)N1CCCC1CN(C)C. The van der Waals surface area contributed by atoms with E-state index in [1.165, 1.54) is 6.07 Å².